The van der Waals surface area contributed by atoms with Gasteiger partial charge < -0.3 is 14.9 Å². The van der Waals surface area contributed by atoms with Crippen LogP contribution >= 0.6 is 23.1 Å². The van der Waals surface area contributed by atoms with Crippen LogP contribution in [-0.4, -0.2) is 21.8 Å². The van der Waals surface area contributed by atoms with Gasteiger partial charge >= 0.3 is 5.97 Å². The number of thiophene rings is 1. The average Bonchev–Trinajstić information content (AvgIpc) is 3.28. The second-order valence-electron chi connectivity index (χ2n) is 10.4. The minimum absolute atomic E-state index is 0.0275. The van der Waals surface area contributed by atoms with E-state index in [0.29, 0.717) is 12.8 Å². The maximum Gasteiger partial charge on any atom is 0.349 e. The van der Waals surface area contributed by atoms with Gasteiger partial charge in [-0.15, -0.1) is 0 Å². The molecule has 1 aliphatic heterocycles. The summed E-state index contributed by atoms with van der Waals surface area (Å²) in [5.41, 5.74) is 3.28. The van der Waals surface area contributed by atoms with Gasteiger partial charge in [-0.1, -0.05) is 58.4 Å². The quantitative estimate of drug-likeness (QED) is 0.258. The molecule has 0 saturated heterocycles. The summed E-state index contributed by atoms with van der Waals surface area (Å²) in [5.74, 6) is -0.300. The molecule has 1 aliphatic rings. The molecule has 4 nitrogen and oxygen atoms in total. The third-order valence-corrected chi connectivity index (χ3v) is 8.46. The SMILES string of the molecule is CCCCC[C@]1(CCc2ccsc2)CC(O)=C(Sc2cc(C)c(CO)cc2C(C)(C)C)C(=O)O1. The summed E-state index contributed by atoms with van der Waals surface area (Å²) in [6.45, 7) is 10.4. The number of aliphatic hydroxyl groups excluding tert-OH is 2. The number of hydrogen-bond donors (Lipinski definition) is 2. The highest BCUT2D eigenvalue weighted by molar-refractivity contribution is 8.04. The third kappa shape index (κ3) is 6.46. The van der Waals surface area contributed by atoms with Crippen molar-refractivity contribution in [2.45, 2.75) is 102 Å². The molecule has 34 heavy (non-hydrogen) atoms. The molecule has 0 bridgehead atoms. The topological polar surface area (TPSA) is 66.8 Å². The number of rotatable bonds is 10. The van der Waals surface area contributed by atoms with Crippen LogP contribution in [0.3, 0.4) is 0 Å². The number of carbonyl (C=O) groups excluding carboxylic acids is 1. The Morgan fingerprint density at radius 1 is 1.21 bits per heavy atom. The van der Waals surface area contributed by atoms with Crippen LogP contribution in [0.25, 0.3) is 0 Å². The zero-order valence-electron chi connectivity index (χ0n) is 21.1. The molecule has 0 spiro atoms. The maximum atomic E-state index is 13.3. The number of cyclic esters (lactones) is 1. The van der Waals surface area contributed by atoms with Crippen LogP contribution in [0.2, 0.25) is 0 Å². The minimum atomic E-state index is -0.661. The monoisotopic (exact) mass is 502 g/mol. The Balaban J connectivity index is 1.90. The number of thioether (sulfide) groups is 1. The predicted molar refractivity (Wildman–Crippen MR) is 142 cm³/mol. The van der Waals surface area contributed by atoms with Crippen molar-refractivity contribution < 1.29 is 19.7 Å². The van der Waals surface area contributed by atoms with E-state index in [4.69, 9.17) is 4.74 Å². The second-order valence-corrected chi connectivity index (χ2v) is 12.2. The lowest BCUT2D eigenvalue weighted by molar-refractivity contribution is -0.159. The Bertz CT molecular complexity index is 1020. The summed E-state index contributed by atoms with van der Waals surface area (Å²) in [6.07, 6.45) is 5.79. The molecular formula is C28H38O4S2. The smallest absolute Gasteiger partial charge is 0.349 e. The van der Waals surface area contributed by atoms with Crippen molar-refractivity contribution >= 4 is 29.1 Å². The van der Waals surface area contributed by atoms with Gasteiger partial charge in [-0.3, -0.25) is 0 Å². The van der Waals surface area contributed by atoms with E-state index in [2.05, 4.69) is 44.5 Å². The molecule has 186 valence electrons. The molecule has 1 aromatic heterocycles. The highest BCUT2D eigenvalue weighted by Crippen LogP contribution is 2.44. The van der Waals surface area contributed by atoms with Crippen molar-refractivity contribution in [1.29, 1.82) is 0 Å². The lowest BCUT2D eigenvalue weighted by Crippen LogP contribution is -2.40. The van der Waals surface area contributed by atoms with E-state index in [1.807, 2.05) is 19.1 Å². The van der Waals surface area contributed by atoms with Gasteiger partial charge in [-0.25, -0.2) is 4.79 Å². The standard InChI is InChI=1S/C28H38O4S2/c1-6-7-8-11-28(12-9-20-10-13-33-18-20)16-23(30)25(26(31)32-28)34-24-14-19(2)21(17-29)15-22(24)27(3,4)5/h10,13-15,18,29-30H,6-9,11-12,16-17H2,1-5H3/t28-/m0/s1. The fourth-order valence-electron chi connectivity index (χ4n) is 4.47. The van der Waals surface area contributed by atoms with Gasteiger partial charge in [0.2, 0.25) is 0 Å². The molecule has 0 fully saturated rings. The fourth-order valence-corrected chi connectivity index (χ4v) is 6.42. The Labute approximate surface area is 212 Å². The van der Waals surface area contributed by atoms with E-state index in [9.17, 15) is 15.0 Å². The Morgan fingerprint density at radius 3 is 2.56 bits per heavy atom. The number of ether oxygens (including phenoxy) is 1. The van der Waals surface area contributed by atoms with Crippen LogP contribution < -0.4 is 0 Å². The van der Waals surface area contributed by atoms with Crippen molar-refractivity contribution in [2.24, 2.45) is 0 Å². The molecule has 0 saturated carbocycles. The molecule has 1 aromatic carbocycles. The van der Waals surface area contributed by atoms with Gasteiger partial charge in [0, 0.05) is 11.3 Å². The van der Waals surface area contributed by atoms with Gasteiger partial charge in [0.1, 0.15) is 16.3 Å². The van der Waals surface area contributed by atoms with Crippen LogP contribution in [0.15, 0.2) is 44.5 Å². The lowest BCUT2D eigenvalue weighted by Gasteiger charge is -2.37. The normalized spacial score (nSPS) is 18.9. The van der Waals surface area contributed by atoms with Crippen molar-refractivity contribution in [3.8, 4) is 0 Å². The van der Waals surface area contributed by atoms with E-state index >= 15 is 0 Å². The molecule has 2 aromatic rings. The first kappa shape index (κ1) is 26.8. The van der Waals surface area contributed by atoms with Crippen molar-refractivity contribution in [3.05, 3.63) is 61.9 Å². The van der Waals surface area contributed by atoms with Gasteiger partial charge in [-0.05, 0) is 83.2 Å². The van der Waals surface area contributed by atoms with Crippen molar-refractivity contribution in [1.82, 2.24) is 0 Å². The van der Waals surface area contributed by atoms with E-state index < -0.39 is 11.6 Å². The van der Waals surface area contributed by atoms with Crippen molar-refractivity contribution in [3.63, 3.8) is 0 Å². The van der Waals surface area contributed by atoms with Crippen molar-refractivity contribution in [2.75, 3.05) is 0 Å². The average molecular weight is 503 g/mol. The lowest BCUT2D eigenvalue weighted by atomic mass is 9.84. The Hall–Kier alpha value is -1.76. The number of esters is 1. The van der Waals surface area contributed by atoms with E-state index in [1.54, 1.807) is 11.3 Å². The van der Waals surface area contributed by atoms with Gasteiger partial charge in [0.15, 0.2) is 0 Å². The van der Waals surface area contributed by atoms with E-state index in [-0.39, 0.29) is 22.7 Å². The number of benzene rings is 1. The summed E-state index contributed by atoms with van der Waals surface area (Å²) in [4.78, 5) is 14.5. The third-order valence-electron chi connectivity index (χ3n) is 6.56. The van der Waals surface area contributed by atoms with Gasteiger partial charge in [0.25, 0.3) is 0 Å². The summed E-state index contributed by atoms with van der Waals surface area (Å²) < 4.78 is 6.16. The summed E-state index contributed by atoms with van der Waals surface area (Å²) in [6, 6.07) is 6.13. The first-order valence-corrected chi connectivity index (χ1v) is 13.9. The van der Waals surface area contributed by atoms with E-state index in [1.165, 1.54) is 17.3 Å². The number of unbranched alkanes of at least 4 members (excludes halogenated alkanes) is 2. The molecule has 6 heteroatoms. The summed E-state index contributed by atoms with van der Waals surface area (Å²) >= 11 is 2.96. The Kier molecular flexibility index (Phi) is 8.93. The molecule has 1 atom stereocenters. The number of aryl methyl sites for hydroxylation is 2. The highest BCUT2D eigenvalue weighted by Gasteiger charge is 2.42. The largest absolute Gasteiger partial charge is 0.511 e. The van der Waals surface area contributed by atoms with Crippen LogP contribution in [0, 0.1) is 6.92 Å². The second kappa shape index (κ2) is 11.3. The highest BCUT2D eigenvalue weighted by atomic mass is 32.2. The number of carbonyl (C=O) groups is 1. The molecule has 0 unspecified atom stereocenters. The minimum Gasteiger partial charge on any atom is -0.511 e. The molecule has 0 radical (unpaired) electrons. The molecule has 3 rings (SSSR count). The Morgan fingerprint density at radius 2 is 1.97 bits per heavy atom. The zero-order valence-corrected chi connectivity index (χ0v) is 22.7. The fraction of sp³-hybridized carbons (Fsp3) is 0.536. The summed E-state index contributed by atoms with van der Waals surface area (Å²) in [7, 11) is 0. The molecule has 2 N–H and O–H groups in total. The van der Waals surface area contributed by atoms with Crippen LogP contribution in [0.1, 0.15) is 88.5 Å². The maximum absolute atomic E-state index is 13.3. The molecule has 0 aliphatic carbocycles. The first-order chi connectivity index (χ1) is 16.1. The van der Waals surface area contributed by atoms with Gasteiger partial charge in [-0.2, -0.15) is 11.3 Å². The van der Waals surface area contributed by atoms with E-state index in [0.717, 1.165) is 53.7 Å². The predicted octanol–water partition coefficient (Wildman–Crippen LogP) is 7.61. The molecular weight excluding hydrogens is 464 g/mol. The van der Waals surface area contributed by atoms with Crippen LogP contribution in [0.5, 0.6) is 0 Å². The van der Waals surface area contributed by atoms with Gasteiger partial charge in [0.05, 0.1) is 6.61 Å². The summed E-state index contributed by atoms with van der Waals surface area (Å²) in [5, 5.41) is 25.1. The van der Waals surface area contributed by atoms with Crippen LogP contribution in [0.4, 0.5) is 0 Å². The molecule has 2 heterocycles. The zero-order chi connectivity index (χ0) is 24.9. The number of hydrogen-bond acceptors (Lipinski definition) is 6. The molecule has 0 amide bonds. The number of aliphatic hydroxyl groups is 2. The van der Waals surface area contributed by atoms with Crippen LogP contribution in [-0.2, 0) is 28.0 Å². The first-order valence-electron chi connectivity index (χ1n) is 12.2.